The second-order valence-corrected chi connectivity index (χ2v) is 4.71. The van der Waals surface area contributed by atoms with Gasteiger partial charge in [0.15, 0.2) is 0 Å². The van der Waals surface area contributed by atoms with Crippen LogP contribution in [0.25, 0.3) is 0 Å². The van der Waals surface area contributed by atoms with Crippen LogP contribution in [0, 0.1) is 0 Å². The molecule has 0 aromatic carbocycles. The van der Waals surface area contributed by atoms with Crippen LogP contribution in [0.5, 0.6) is 0 Å². The van der Waals surface area contributed by atoms with Gasteiger partial charge in [-0.05, 0) is 13.3 Å². The Morgan fingerprint density at radius 3 is 1.28 bits per heavy atom. The van der Waals surface area contributed by atoms with Gasteiger partial charge in [0.1, 0.15) is 13.2 Å². The van der Waals surface area contributed by atoms with Crippen LogP contribution >= 0.6 is 0 Å². The second-order valence-electron chi connectivity index (χ2n) is 4.71. The highest BCUT2D eigenvalue weighted by molar-refractivity contribution is 5.66. The maximum absolute atomic E-state index is 10.3. The summed E-state index contributed by atoms with van der Waals surface area (Å²) in [6, 6.07) is 0. The first kappa shape index (κ1) is 26.0. The fourth-order valence-electron chi connectivity index (χ4n) is 1.32. The first-order chi connectivity index (χ1) is 12.0. The molecule has 0 radical (unpaired) electrons. The molecule has 0 rings (SSSR count). The van der Waals surface area contributed by atoms with Gasteiger partial charge in [-0.25, -0.2) is 0 Å². The first-order valence-electron chi connectivity index (χ1n) is 8.62. The molecule has 0 saturated carbocycles. The van der Waals surface area contributed by atoms with Crippen molar-refractivity contribution < 1.29 is 38.0 Å². The fourth-order valence-corrected chi connectivity index (χ4v) is 1.32. The Morgan fingerprint density at radius 1 is 0.560 bits per heavy atom. The smallest absolute Gasteiger partial charge is 0.302 e. The normalized spacial score (nSPS) is 9.92. The average molecular weight is 366 g/mol. The van der Waals surface area contributed by atoms with Crippen molar-refractivity contribution in [3.63, 3.8) is 0 Å². The molecule has 0 spiro atoms. The highest BCUT2D eigenvalue weighted by Crippen LogP contribution is 1.83. The van der Waals surface area contributed by atoms with Gasteiger partial charge >= 0.3 is 11.9 Å². The van der Waals surface area contributed by atoms with Gasteiger partial charge in [-0.3, -0.25) is 9.59 Å². The molecule has 0 atom stereocenters. The van der Waals surface area contributed by atoms with Crippen molar-refractivity contribution in [1.29, 1.82) is 0 Å². The van der Waals surface area contributed by atoms with E-state index in [2.05, 4.69) is 16.4 Å². The molecule has 0 fully saturated rings. The van der Waals surface area contributed by atoms with Crippen LogP contribution in [0.1, 0.15) is 34.1 Å². The second kappa shape index (κ2) is 22.8. The molecule has 0 amide bonds. The van der Waals surface area contributed by atoms with E-state index in [9.17, 15) is 9.59 Å². The molecule has 8 heteroatoms. The summed E-state index contributed by atoms with van der Waals surface area (Å²) in [5.74, 6) is -0.547. The van der Waals surface area contributed by atoms with E-state index in [4.69, 9.17) is 18.9 Å². The van der Waals surface area contributed by atoms with Crippen LogP contribution < -0.4 is 0 Å². The largest absolute Gasteiger partial charge is 0.463 e. The molecular formula is C17H34O8. The van der Waals surface area contributed by atoms with E-state index >= 15 is 0 Å². The minimum absolute atomic E-state index is 0.272. The lowest BCUT2D eigenvalue weighted by Gasteiger charge is -2.04. The summed E-state index contributed by atoms with van der Waals surface area (Å²) in [6.07, 6.45) is 1.02. The lowest BCUT2D eigenvalue weighted by Crippen LogP contribution is -2.11. The summed E-state index contributed by atoms with van der Waals surface area (Å²) >= 11 is 0. The maximum Gasteiger partial charge on any atom is 0.302 e. The number of rotatable bonds is 15. The van der Waals surface area contributed by atoms with Crippen molar-refractivity contribution in [2.75, 3.05) is 66.1 Å². The predicted octanol–water partition coefficient (Wildman–Crippen LogP) is 1.60. The molecule has 0 aliphatic rings. The molecule has 0 aliphatic heterocycles. The molecule has 0 aromatic heterocycles. The Morgan fingerprint density at radius 2 is 0.920 bits per heavy atom. The Labute approximate surface area is 151 Å². The van der Waals surface area contributed by atoms with E-state index in [1.165, 1.54) is 13.8 Å². The highest BCUT2D eigenvalue weighted by Gasteiger charge is 1.93. The van der Waals surface area contributed by atoms with Gasteiger partial charge in [0.25, 0.3) is 0 Å². The summed E-state index contributed by atoms with van der Waals surface area (Å²) in [6.45, 7) is 12.0. The van der Waals surface area contributed by atoms with E-state index < -0.39 is 0 Å². The van der Waals surface area contributed by atoms with Crippen molar-refractivity contribution in [3.8, 4) is 0 Å². The first-order valence-corrected chi connectivity index (χ1v) is 8.62. The van der Waals surface area contributed by atoms with Gasteiger partial charge in [-0.2, -0.15) is 0 Å². The van der Waals surface area contributed by atoms with E-state index in [1.54, 1.807) is 0 Å². The third-order valence-electron chi connectivity index (χ3n) is 2.36. The van der Waals surface area contributed by atoms with Crippen molar-refractivity contribution >= 4 is 11.9 Å². The van der Waals surface area contributed by atoms with Crippen LogP contribution in [0.15, 0.2) is 0 Å². The molecule has 0 saturated heterocycles. The topological polar surface area (TPSA) is 89.5 Å². The molecule has 0 aromatic rings. The lowest BCUT2D eigenvalue weighted by molar-refractivity contribution is -0.143. The minimum Gasteiger partial charge on any atom is -0.463 e. The Balaban J connectivity index is 0. The minimum atomic E-state index is -0.275. The molecule has 0 N–H and O–H groups in total. The van der Waals surface area contributed by atoms with Gasteiger partial charge in [-0.15, -0.1) is 0 Å². The Hall–Kier alpha value is -1.22. The molecule has 0 unspecified atom stereocenters. The van der Waals surface area contributed by atoms with Crippen molar-refractivity contribution in [3.05, 3.63) is 0 Å². The van der Waals surface area contributed by atoms with Gasteiger partial charge in [0, 0.05) is 27.1 Å². The predicted molar refractivity (Wildman–Crippen MR) is 92.5 cm³/mol. The van der Waals surface area contributed by atoms with E-state index in [-0.39, 0.29) is 11.9 Å². The monoisotopic (exact) mass is 366 g/mol. The third-order valence-corrected chi connectivity index (χ3v) is 2.36. The summed E-state index contributed by atoms with van der Waals surface area (Å²) in [4.78, 5) is 20.6. The molecular weight excluding hydrogens is 332 g/mol. The number of carbonyl (C=O) groups excluding carboxylic acids is 2. The molecule has 0 bridgehead atoms. The SMILES string of the molecule is CCCOCCOCCOC(C)=O.CCOCCOCCOC(C)=O. The standard InChI is InChI=1S/C9H18O4.C8H16O4/c1-3-4-11-5-6-12-7-8-13-9(2)10;1-3-10-4-5-11-6-7-12-8(2)9/h3-8H2,1-2H3;3-7H2,1-2H3. The zero-order chi connectivity index (χ0) is 19.2. The van der Waals surface area contributed by atoms with E-state index in [1.807, 2.05) is 6.92 Å². The van der Waals surface area contributed by atoms with Crippen molar-refractivity contribution in [2.24, 2.45) is 0 Å². The van der Waals surface area contributed by atoms with Crippen LogP contribution in [-0.2, 0) is 38.0 Å². The Kier molecular flexibility index (Phi) is 23.7. The highest BCUT2D eigenvalue weighted by atomic mass is 16.6. The lowest BCUT2D eigenvalue weighted by atomic mass is 10.5. The van der Waals surface area contributed by atoms with Crippen molar-refractivity contribution in [2.45, 2.75) is 34.1 Å². The summed E-state index contributed by atoms with van der Waals surface area (Å²) in [5, 5.41) is 0. The zero-order valence-electron chi connectivity index (χ0n) is 16.0. The fraction of sp³-hybridized carbons (Fsp3) is 0.882. The molecule has 25 heavy (non-hydrogen) atoms. The van der Waals surface area contributed by atoms with E-state index in [0.29, 0.717) is 59.5 Å². The van der Waals surface area contributed by atoms with Gasteiger partial charge < -0.3 is 28.4 Å². The summed E-state index contributed by atoms with van der Waals surface area (Å²) in [7, 11) is 0. The van der Waals surface area contributed by atoms with Gasteiger partial charge in [-0.1, -0.05) is 6.92 Å². The molecule has 8 nitrogen and oxygen atoms in total. The number of hydrogen-bond acceptors (Lipinski definition) is 8. The van der Waals surface area contributed by atoms with E-state index in [0.717, 1.165) is 13.0 Å². The van der Waals surface area contributed by atoms with Crippen LogP contribution in [0.2, 0.25) is 0 Å². The summed E-state index contributed by atoms with van der Waals surface area (Å²) in [5.41, 5.74) is 0. The average Bonchev–Trinajstić information content (AvgIpc) is 2.56. The van der Waals surface area contributed by atoms with Crippen molar-refractivity contribution in [1.82, 2.24) is 0 Å². The Bertz CT molecular complexity index is 296. The number of carbonyl (C=O) groups is 2. The zero-order valence-corrected chi connectivity index (χ0v) is 16.0. The maximum atomic E-state index is 10.3. The van der Waals surface area contributed by atoms with Crippen LogP contribution in [-0.4, -0.2) is 78.0 Å². The number of esters is 2. The molecule has 150 valence electrons. The van der Waals surface area contributed by atoms with Gasteiger partial charge in [0.05, 0.1) is 39.6 Å². The van der Waals surface area contributed by atoms with Gasteiger partial charge in [0.2, 0.25) is 0 Å². The third kappa shape index (κ3) is 31.1. The molecule has 0 aliphatic carbocycles. The summed E-state index contributed by atoms with van der Waals surface area (Å²) < 4.78 is 29.7. The number of ether oxygens (including phenoxy) is 6. The quantitative estimate of drug-likeness (QED) is 0.319. The number of hydrogen-bond donors (Lipinski definition) is 0. The molecule has 0 heterocycles. The van der Waals surface area contributed by atoms with Crippen LogP contribution in [0.3, 0.4) is 0 Å². The van der Waals surface area contributed by atoms with Crippen LogP contribution in [0.4, 0.5) is 0 Å².